The van der Waals surface area contributed by atoms with Gasteiger partial charge in [-0.1, -0.05) is 25.3 Å². The van der Waals surface area contributed by atoms with E-state index >= 15 is 0 Å². The Morgan fingerprint density at radius 3 is 2.59 bits per heavy atom. The van der Waals surface area contributed by atoms with Crippen molar-refractivity contribution in [2.45, 2.75) is 45.1 Å². The molecule has 1 aliphatic rings. The molecule has 29 heavy (non-hydrogen) atoms. The zero-order valence-corrected chi connectivity index (χ0v) is 16.5. The average molecular weight is 396 g/mol. The Kier molecular flexibility index (Phi) is 6.69. The molecule has 1 aliphatic carbocycles. The van der Waals surface area contributed by atoms with Crippen molar-refractivity contribution in [3.05, 3.63) is 59.6 Å². The molecule has 1 saturated carbocycles. The van der Waals surface area contributed by atoms with Crippen LogP contribution in [0.5, 0.6) is 0 Å². The molecule has 3 rings (SSSR count). The fraction of sp³-hybridized carbons (Fsp3) is 0.364. The molecule has 1 heterocycles. The maximum atomic E-state index is 14.4. The van der Waals surface area contributed by atoms with Gasteiger partial charge >= 0.3 is 0 Å². The second kappa shape index (κ2) is 9.41. The van der Waals surface area contributed by atoms with E-state index in [1.807, 2.05) is 0 Å². The lowest BCUT2D eigenvalue weighted by atomic mass is 9.95. The van der Waals surface area contributed by atoms with Gasteiger partial charge in [0.2, 0.25) is 0 Å². The van der Waals surface area contributed by atoms with Crippen molar-refractivity contribution in [2.24, 2.45) is 0 Å². The van der Waals surface area contributed by atoms with Crippen molar-refractivity contribution in [2.75, 3.05) is 6.54 Å². The van der Waals surface area contributed by atoms with Gasteiger partial charge < -0.3 is 10.6 Å². The van der Waals surface area contributed by atoms with Crippen molar-refractivity contribution in [1.82, 2.24) is 20.8 Å². The molecule has 7 heteroatoms. The van der Waals surface area contributed by atoms with E-state index < -0.39 is 11.7 Å². The zero-order chi connectivity index (χ0) is 20.8. The molecule has 2 amide bonds. The van der Waals surface area contributed by atoms with E-state index in [1.54, 1.807) is 31.2 Å². The number of aromatic nitrogens is 2. The monoisotopic (exact) mass is 396 g/mol. The second-order valence-electron chi connectivity index (χ2n) is 7.24. The van der Waals surface area contributed by atoms with Gasteiger partial charge in [-0.05, 0) is 49.6 Å². The summed E-state index contributed by atoms with van der Waals surface area (Å²) < 4.78 is 14.4. The Morgan fingerprint density at radius 1 is 1.17 bits per heavy atom. The molecule has 0 atom stereocenters. The van der Waals surface area contributed by atoms with Gasteiger partial charge in [-0.3, -0.25) is 9.59 Å². The number of hydrogen-bond donors (Lipinski definition) is 2. The third kappa shape index (κ3) is 5.04. The number of hydrogen-bond acceptors (Lipinski definition) is 4. The van der Waals surface area contributed by atoms with Crippen molar-refractivity contribution < 1.29 is 14.0 Å². The van der Waals surface area contributed by atoms with Crippen molar-refractivity contribution in [3.8, 4) is 11.3 Å². The summed E-state index contributed by atoms with van der Waals surface area (Å²) in [6.45, 7) is 5.44. The van der Waals surface area contributed by atoms with Crippen LogP contribution in [0, 0.1) is 12.7 Å². The molecule has 1 aromatic heterocycles. The molecule has 1 fully saturated rings. The number of carbonyl (C=O) groups is 2. The third-order valence-corrected chi connectivity index (χ3v) is 5.13. The van der Waals surface area contributed by atoms with E-state index in [2.05, 4.69) is 27.4 Å². The highest BCUT2D eigenvalue weighted by atomic mass is 19.1. The molecule has 6 nitrogen and oxygen atoms in total. The normalized spacial score (nSPS) is 14.3. The summed E-state index contributed by atoms with van der Waals surface area (Å²) in [6, 6.07) is 6.14. The molecular formula is C22H25FN4O2. The molecule has 2 aromatic rings. The van der Waals surface area contributed by atoms with Crippen LogP contribution in [0.15, 0.2) is 36.9 Å². The summed E-state index contributed by atoms with van der Waals surface area (Å²) in [6.07, 6.45) is 6.97. The van der Waals surface area contributed by atoms with Crippen LogP contribution >= 0.6 is 0 Å². The van der Waals surface area contributed by atoms with Gasteiger partial charge in [0.25, 0.3) is 11.8 Å². The SMILES string of the molecule is C=CCNC(=O)c1cc(F)c(C)c(-c2ccc(C(=O)NC3CCCCC3)nn2)c1. The number of nitrogens with one attached hydrogen (secondary N) is 2. The largest absolute Gasteiger partial charge is 0.349 e. The predicted molar refractivity (Wildman–Crippen MR) is 109 cm³/mol. The van der Waals surface area contributed by atoms with E-state index in [9.17, 15) is 14.0 Å². The highest BCUT2D eigenvalue weighted by molar-refractivity contribution is 5.96. The summed E-state index contributed by atoms with van der Waals surface area (Å²) in [4.78, 5) is 24.6. The summed E-state index contributed by atoms with van der Waals surface area (Å²) in [7, 11) is 0. The van der Waals surface area contributed by atoms with Crippen LogP contribution in [0.25, 0.3) is 11.3 Å². The molecule has 2 N–H and O–H groups in total. The zero-order valence-electron chi connectivity index (χ0n) is 16.5. The maximum Gasteiger partial charge on any atom is 0.272 e. The highest BCUT2D eigenvalue weighted by Gasteiger charge is 2.19. The minimum Gasteiger partial charge on any atom is -0.349 e. The Balaban J connectivity index is 1.79. The van der Waals surface area contributed by atoms with Crippen LogP contribution in [0.1, 0.15) is 58.5 Å². The number of benzene rings is 1. The van der Waals surface area contributed by atoms with Gasteiger partial charge in [0.1, 0.15) is 5.82 Å². The molecule has 0 radical (unpaired) electrons. The lowest BCUT2D eigenvalue weighted by Crippen LogP contribution is -2.36. The number of carbonyl (C=O) groups excluding carboxylic acids is 2. The Bertz CT molecular complexity index is 906. The molecule has 0 bridgehead atoms. The van der Waals surface area contributed by atoms with Crippen LogP contribution < -0.4 is 10.6 Å². The van der Waals surface area contributed by atoms with Gasteiger partial charge in [0, 0.05) is 23.7 Å². The van der Waals surface area contributed by atoms with Gasteiger partial charge in [0.05, 0.1) is 5.69 Å². The van der Waals surface area contributed by atoms with Crippen molar-refractivity contribution >= 4 is 11.8 Å². The standard InChI is InChI=1S/C22H25FN4O2/c1-3-11-24-21(28)15-12-17(14(2)18(23)13-15)19-9-10-20(27-26-19)22(29)25-16-7-5-4-6-8-16/h3,9-10,12-13,16H,1,4-8,11H2,2H3,(H,24,28)(H,25,29). The Morgan fingerprint density at radius 2 is 1.93 bits per heavy atom. The third-order valence-electron chi connectivity index (χ3n) is 5.13. The Labute approximate surface area is 169 Å². The molecule has 152 valence electrons. The first-order valence-electron chi connectivity index (χ1n) is 9.84. The molecule has 0 unspecified atom stereocenters. The van der Waals surface area contributed by atoms with Gasteiger partial charge in [-0.25, -0.2) is 4.39 Å². The van der Waals surface area contributed by atoms with E-state index in [0.717, 1.165) is 25.7 Å². The van der Waals surface area contributed by atoms with Crippen LogP contribution in [0.3, 0.4) is 0 Å². The van der Waals surface area contributed by atoms with Crippen LogP contribution in [-0.2, 0) is 0 Å². The number of rotatable bonds is 6. The van der Waals surface area contributed by atoms with Crippen LogP contribution in [-0.4, -0.2) is 34.6 Å². The summed E-state index contributed by atoms with van der Waals surface area (Å²) in [5, 5.41) is 13.7. The first-order chi connectivity index (χ1) is 14.0. The van der Waals surface area contributed by atoms with Gasteiger partial charge in [-0.15, -0.1) is 16.8 Å². The summed E-state index contributed by atoms with van der Waals surface area (Å²) >= 11 is 0. The number of amides is 2. The minimum atomic E-state index is -0.507. The van der Waals surface area contributed by atoms with Gasteiger partial charge in [0.15, 0.2) is 5.69 Å². The summed E-state index contributed by atoms with van der Waals surface area (Å²) in [5.41, 5.74) is 1.62. The molecule has 1 aromatic carbocycles. The van der Waals surface area contributed by atoms with Crippen molar-refractivity contribution in [3.63, 3.8) is 0 Å². The molecular weight excluding hydrogens is 371 g/mol. The quantitative estimate of drug-likeness (QED) is 0.731. The summed E-state index contributed by atoms with van der Waals surface area (Å²) in [5.74, 6) is -1.16. The van der Waals surface area contributed by atoms with E-state index in [4.69, 9.17) is 0 Å². The lowest BCUT2D eigenvalue weighted by Gasteiger charge is -2.22. The smallest absolute Gasteiger partial charge is 0.272 e. The van der Waals surface area contributed by atoms with E-state index in [1.165, 1.54) is 12.5 Å². The maximum absolute atomic E-state index is 14.4. The first kappa shape index (κ1) is 20.6. The number of halogens is 1. The molecule has 0 spiro atoms. The van der Waals surface area contributed by atoms with E-state index in [-0.39, 0.29) is 29.8 Å². The first-order valence-corrected chi connectivity index (χ1v) is 9.84. The molecule has 0 saturated heterocycles. The van der Waals surface area contributed by atoms with Crippen molar-refractivity contribution in [1.29, 1.82) is 0 Å². The van der Waals surface area contributed by atoms with Gasteiger partial charge in [-0.2, -0.15) is 0 Å². The highest BCUT2D eigenvalue weighted by Crippen LogP contribution is 2.25. The Hall–Kier alpha value is -3.09. The second-order valence-corrected chi connectivity index (χ2v) is 7.24. The predicted octanol–water partition coefficient (Wildman–Crippen LogP) is 3.57. The fourth-order valence-corrected chi connectivity index (χ4v) is 3.45. The lowest BCUT2D eigenvalue weighted by molar-refractivity contribution is 0.0920. The minimum absolute atomic E-state index is 0.180. The number of nitrogens with zero attached hydrogens (tertiary/aromatic N) is 2. The fourth-order valence-electron chi connectivity index (χ4n) is 3.45. The van der Waals surface area contributed by atoms with Crippen LogP contribution in [0.4, 0.5) is 4.39 Å². The molecule has 0 aliphatic heterocycles. The topological polar surface area (TPSA) is 84.0 Å². The van der Waals surface area contributed by atoms with E-state index in [0.29, 0.717) is 16.8 Å². The average Bonchev–Trinajstić information content (AvgIpc) is 2.74. The van der Waals surface area contributed by atoms with Crippen LogP contribution in [0.2, 0.25) is 0 Å².